The summed E-state index contributed by atoms with van der Waals surface area (Å²) < 4.78 is 45.2. The Morgan fingerprint density at radius 1 is 1.28 bits per heavy atom. The molecular weight excluding hydrogens is 276 g/mol. The minimum atomic E-state index is -3.51. The molecule has 98 valence electrons. The summed E-state index contributed by atoms with van der Waals surface area (Å²) in [5.74, 6) is -1.11. The molecule has 0 saturated carbocycles. The number of sulfone groups is 2. The smallest absolute Gasteiger partial charge is 0.155 e. The van der Waals surface area contributed by atoms with E-state index in [0.29, 0.717) is 5.56 Å². The number of aromatic nitrogens is 1. The maximum absolute atomic E-state index is 11.7. The van der Waals surface area contributed by atoms with Crippen molar-refractivity contribution in [3.8, 4) is 6.07 Å². The van der Waals surface area contributed by atoms with Gasteiger partial charge in [0, 0.05) is 12.5 Å². The van der Waals surface area contributed by atoms with Gasteiger partial charge in [0.2, 0.25) is 0 Å². The fraction of sp³-hybridized carbons (Fsp3) is 0.400. The molecular formula is C10H12N2O4S2. The number of hydrogen-bond acceptors (Lipinski definition) is 6. The van der Waals surface area contributed by atoms with E-state index in [0.717, 1.165) is 6.26 Å². The van der Waals surface area contributed by atoms with Gasteiger partial charge in [0.1, 0.15) is 21.6 Å². The van der Waals surface area contributed by atoms with Gasteiger partial charge in [-0.3, -0.25) is 0 Å². The zero-order chi connectivity index (χ0) is 13.8. The zero-order valence-electron chi connectivity index (χ0n) is 9.70. The van der Waals surface area contributed by atoms with Crippen LogP contribution < -0.4 is 0 Å². The molecule has 0 atom stereocenters. The first-order chi connectivity index (χ1) is 8.22. The lowest BCUT2D eigenvalue weighted by molar-refractivity contribution is 0.589. The normalized spacial score (nSPS) is 12.0. The Kier molecular flexibility index (Phi) is 4.43. The Balaban J connectivity index is 2.80. The van der Waals surface area contributed by atoms with Gasteiger partial charge in [-0.25, -0.2) is 21.8 Å². The standard InChI is InChI=1S/C10H12N2O4S2/c1-17(13,14)4-5-18(15,16)8-9-2-3-12-10(6-9)7-11/h2-3,6H,4-5,8H2,1H3. The molecule has 0 radical (unpaired) electrons. The molecule has 8 heteroatoms. The third-order valence-corrected chi connectivity index (χ3v) is 4.89. The van der Waals surface area contributed by atoms with Crippen molar-refractivity contribution >= 4 is 19.7 Å². The molecule has 6 nitrogen and oxygen atoms in total. The molecule has 0 spiro atoms. The lowest BCUT2D eigenvalue weighted by atomic mass is 10.2. The zero-order valence-corrected chi connectivity index (χ0v) is 11.3. The molecule has 1 aromatic heterocycles. The minimum Gasteiger partial charge on any atom is -0.246 e. The van der Waals surface area contributed by atoms with E-state index in [9.17, 15) is 16.8 Å². The highest BCUT2D eigenvalue weighted by Gasteiger charge is 2.15. The van der Waals surface area contributed by atoms with Crippen LogP contribution in [0.1, 0.15) is 11.3 Å². The molecule has 18 heavy (non-hydrogen) atoms. The molecule has 0 N–H and O–H groups in total. The van der Waals surface area contributed by atoms with E-state index in [-0.39, 0.29) is 11.4 Å². The van der Waals surface area contributed by atoms with Gasteiger partial charge in [-0.1, -0.05) is 0 Å². The van der Waals surface area contributed by atoms with E-state index >= 15 is 0 Å². The van der Waals surface area contributed by atoms with Crippen LogP contribution in [0.25, 0.3) is 0 Å². The predicted molar refractivity (Wildman–Crippen MR) is 66.2 cm³/mol. The van der Waals surface area contributed by atoms with Crippen LogP contribution >= 0.6 is 0 Å². The average molecular weight is 288 g/mol. The summed E-state index contributed by atoms with van der Waals surface area (Å²) in [6, 6.07) is 4.67. The lowest BCUT2D eigenvalue weighted by Gasteiger charge is -2.03. The highest BCUT2D eigenvalue weighted by Crippen LogP contribution is 2.08. The fourth-order valence-electron chi connectivity index (χ4n) is 1.23. The van der Waals surface area contributed by atoms with Crippen LogP contribution in [0.5, 0.6) is 0 Å². The maximum atomic E-state index is 11.7. The van der Waals surface area contributed by atoms with Crippen molar-refractivity contribution in [1.29, 1.82) is 5.26 Å². The van der Waals surface area contributed by atoms with Crippen LogP contribution in [0, 0.1) is 11.3 Å². The molecule has 1 aromatic rings. The van der Waals surface area contributed by atoms with Crippen LogP contribution in [0.2, 0.25) is 0 Å². The van der Waals surface area contributed by atoms with Crippen molar-refractivity contribution in [2.24, 2.45) is 0 Å². The van der Waals surface area contributed by atoms with Crippen LogP contribution in [0.15, 0.2) is 18.3 Å². The second-order valence-corrected chi connectivity index (χ2v) is 8.33. The highest BCUT2D eigenvalue weighted by atomic mass is 32.2. The second-order valence-electron chi connectivity index (χ2n) is 3.88. The predicted octanol–water partition coefficient (Wildman–Crippen LogP) is -0.0873. The van der Waals surface area contributed by atoms with Crippen molar-refractivity contribution in [1.82, 2.24) is 4.98 Å². The first-order valence-corrected chi connectivity index (χ1v) is 8.83. The molecule has 0 saturated heterocycles. The van der Waals surface area contributed by atoms with Crippen LogP contribution in [0.4, 0.5) is 0 Å². The van der Waals surface area contributed by atoms with Gasteiger partial charge in [-0.15, -0.1) is 0 Å². The molecule has 0 aliphatic heterocycles. The summed E-state index contributed by atoms with van der Waals surface area (Å²) in [5, 5.41) is 8.63. The summed E-state index contributed by atoms with van der Waals surface area (Å²) in [6.45, 7) is 0. The average Bonchev–Trinajstić information content (AvgIpc) is 2.25. The van der Waals surface area contributed by atoms with Gasteiger partial charge in [0.15, 0.2) is 9.84 Å². The van der Waals surface area contributed by atoms with E-state index in [4.69, 9.17) is 5.26 Å². The van der Waals surface area contributed by atoms with E-state index in [2.05, 4.69) is 4.98 Å². The largest absolute Gasteiger partial charge is 0.246 e. The minimum absolute atomic E-state index is 0.130. The van der Waals surface area contributed by atoms with Crippen LogP contribution in [-0.2, 0) is 25.4 Å². The van der Waals surface area contributed by atoms with E-state index < -0.39 is 31.2 Å². The van der Waals surface area contributed by atoms with Crippen molar-refractivity contribution in [3.05, 3.63) is 29.6 Å². The van der Waals surface area contributed by atoms with E-state index in [1.54, 1.807) is 0 Å². The molecule has 0 aromatic carbocycles. The van der Waals surface area contributed by atoms with Crippen molar-refractivity contribution in [3.63, 3.8) is 0 Å². The van der Waals surface area contributed by atoms with E-state index in [1.165, 1.54) is 18.3 Å². The van der Waals surface area contributed by atoms with Crippen molar-refractivity contribution < 1.29 is 16.8 Å². The van der Waals surface area contributed by atoms with Gasteiger partial charge in [0.25, 0.3) is 0 Å². The Hall–Kier alpha value is -1.46. The maximum Gasteiger partial charge on any atom is 0.155 e. The second kappa shape index (κ2) is 5.46. The van der Waals surface area contributed by atoms with Gasteiger partial charge < -0.3 is 0 Å². The SMILES string of the molecule is CS(=O)(=O)CCS(=O)(=O)Cc1ccnc(C#N)c1. The fourth-order valence-corrected chi connectivity index (χ4v) is 4.29. The number of nitriles is 1. The number of nitrogens with zero attached hydrogens (tertiary/aromatic N) is 2. The van der Waals surface area contributed by atoms with Gasteiger partial charge in [0.05, 0.1) is 17.3 Å². The number of rotatable bonds is 5. The summed E-state index contributed by atoms with van der Waals surface area (Å²) in [6.07, 6.45) is 2.34. The molecule has 1 rings (SSSR count). The van der Waals surface area contributed by atoms with Gasteiger partial charge in [-0.05, 0) is 17.7 Å². The third kappa shape index (κ3) is 5.25. The summed E-state index contributed by atoms with van der Waals surface area (Å²) in [4.78, 5) is 3.72. The first-order valence-electron chi connectivity index (χ1n) is 4.95. The van der Waals surface area contributed by atoms with Gasteiger partial charge in [-0.2, -0.15) is 5.26 Å². The van der Waals surface area contributed by atoms with Crippen LogP contribution in [0.3, 0.4) is 0 Å². The summed E-state index contributed by atoms with van der Waals surface area (Å²) in [5.41, 5.74) is 0.556. The Morgan fingerprint density at radius 2 is 1.94 bits per heavy atom. The third-order valence-electron chi connectivity index (χ3n) is 2.09. The Labute approximate surface area is 106 Å². The summed E-state index contributed by atoms with van der Waals surface area (Å²) in [7, 11) is -6.82. The molecule has 1 heterocycles. The van der Waals surface area contributed by atoms with Crippen molar-refractivity contribution in [2.45, 2.75) is 5.75 Å². The molecule has 0 fully saturated rings. The van der Waals surface area contributed by atoms with Crippen molar-refractivity contribution in [2.75, 3.05) is 17.8 Å². The van der Waals surface area contributed by atoms with Gasteiger partial charge >= 0.3 is 0 Å². The lowest BCUT2D eigenvalue weighted by Crippen LogP contribution is -2.17. The first kappa shape index (κ1) is 14.6. The van der Waals surface area contributed by atoms with E-state index in [1.807, 2.05) is 6.07 Å². The molecule has 0 amide bonds. The number of hydrogen-bond donors (Lipinski definition) is 0. The molecule has 0 aliphatic rings. The Morgan fingerprint density at radius 3 is 2.50 bits per heavy atom. The number of pyridine rings is 1. The highest BCUT2D eigenvalue weighted by molar-refractivity contribution is 7.94. The Bertz CT molecular complexity index is 672. The molecule has 0 aliphatic carbocycles. The summed E-state index contributed by atoms with van der Waals surface area (Å²) >= 11 is 0. The molecule has 0 unspecified atom stereocenters. The monoisotopic (exact) mass is 288 g/mol. The van der Waals surface area contributed by atoms with Crippen LogP contribution in [-0.4, -0.2) is 39.6 Å². The quantitative estimate of drug-likeness (QED) is 0.750. The molecule has 0 bridgehead atoms. The topological polar surface area (TPSA) is 105 Å².